The maximum absolute atomic E-state index is 4.57. The first kappa shape index (κ1) is 13.8. The topological polar surface area (TPSA) is 52.6 Å². The molecule has 0 saturated heterocycles. The second-order valence-corrected chi connectivity index (χ2v) is 5.31. The number of aliphatic imine (C=N–C) groups is 1. The van der Waals surface area contributed by atoms with E-state index in [4.69, 9.17) is 0 Å². The maximum atomic E-state index is 4.57. The molecule has 2 rings (SSSR count). The zero-order chi connectivity index (χ0) is 13.8. The van der Waals surface area contributed by atoms with E-state index in [-0.39, 0.29) is 0 Å². The van der Waals surface area contributed by atoms with Gasteiger partial charge in [0.15, 0.2) is 0 Å². The molecule has 0 saturated carbocycles. The second-order valence-electron chi connectivity index (χ2n) is 4.34. The van der Waals surface area contributed by atoms with Crippen LogP contribution in [0.25, 0.3) is 11.4 Å². The Hall–Kier alpha value is -1.66. The lowest BCUT2D eigenvalue weighted by molar-refractivity contribution is 0.698. The number of thiazole rings is 1. The fraction of sp³-hybridized carbons (Fsp3) is 0.385. The Morgan fingerprint density at radius 3 is 3.00 bits per heavy atom. The van der Waals surface area contributed by atoms with E-state index in [1.165, 1.54) is 11.3 Å². The molecule has 0 atom stereocenters. The predicted octanol–water partition coefficient (Wildman–Crippen LogP) is 1.89. The first-order valence-corrected chi connectivity index (χ1v) is 7.00. The van der Waals surface area contributed by atoms with Crippen molar-refractivity contribution < 1.29 is 0 Å². The lowest BCUT2D eigenvalue weighted by Crippen LogP contribution is -2.18. The van der Waals surface area contributed by atoms with Crippen LogP contribution in [0.1, 0.15) is 17.1 Å². The number of aromatic nitrogens is 1. The number of nitrogens with zero attached hydrogens (tertiary/aromatic N) is 3. The summed E-state index contributed by atoms with van der Waals surface area (Å²) in [6.07, 6.45) is 2.81. The van der Waals surface area contributed by atoms with Crippen LogP contribution >= 0.6 is 11.3 Å². The van der Waals surface area contributed by atoms with Crippen LogP contribution in [0.4, 0.5) is 5.00 Å². The summed E-state index contributed by atoms with van der Waals surface area (Å²) in [6.45, 7) is 9.92. The van der Waals surface area contributed by atoms with Crippen molar-refractivity contribution in [3.05, 3.63) is 23.9 Å². The first-order chi connectivity index (χ1) is 9.13. The third kappa shape index (κ3) is 3.02. The van der Waals surface area contributed by atoms with Gasteiger partial charge in [-0.2, -0.15) is 0 Å². The van der Waals surface area contributed by atoms with E-state index in [9.17, 15) is 0 Å². The molecule has 2 heterocycles. The highest BCUT2D eigenvalue weighted by Gasteiger charge is 2.20. The van der Waals surface area contributed by atoms with Crippen molar-refractivity contribution in [1.82, 2.24) is 20.5 Å². The highest BCUT2D eigenvalue weighted by molar-refractivity contribution is 7.16. The Bertz CT molecular complexity index is 517. The SMILES string of the molecule is C=C(NCCCNC)c1nc2c(s1)N=CN(C)C2=C. The van der Waals surface area contributed by atoms with Gasteiger partial charge in [-0.15, -0.1) is 0 Å². The van der Waals surface area contributed by atoms with Crippen molar-refractivity contribution in [2.45, 2.75) is 6.42 Å². The molecule has 2 N–H and O–H groups in total. The second kappa shape index (κ2) is 5.99. The van der Waals surface area contributed by atoms with Gasteiger partial charge in [0.2, 0.25) is 0 Å². The number of hydrogen-bond acceptors (Lipinski definition) is 6. The summed E-state index contributed by atoms with van der Waals surface area (Å²) in [5.74, 6) is 0. The molecule has 1 aromatic rings. The third-order valence-corrected chi connectivity index (χ3v) is 3.88. The smallest absolute Gasteiger partial charge is 0.147 e. The van der Waals surface area contributed by atoms with Gasteiger partial charge in [0.25, 0.3) is 0 Å². The van der Waals surface area contributed by atoms with Crippen LogP contribution < -0.4 is 10.6 Å². The largest absolute Gasteiger partial charge is 0.383 e. The van der Waals surface area contributed by atoms with Crippen LogP contribution in [-0.2, 0) is 0 Å². The Kier molecular flexibility index (Phi) is 4.34. The van der Waals surface area contributed by atoms with Gasteiger partial charge in [0, 0.05) is 13.6 Å². The Balaban J connectivity index is 2.03. The van der Waals surface area contributed by atoms with Gasteiger partial charge in [-0.3, -0.25) is 0 Å². The number of hydrogen-bond donors (Lipinski definition) is 2. The van der Waals surface area contributed by atoms with Gasteiger partial charge in [0.05, 0.1) is 17.7 Å². The molecule has 6 heteroatoms. The fourth-order valence-electron chi connectivity index (χ4n) is 1.67. The number of nitrogens with one attached hydrogen (secondary N) is 2. The molecule has 1 aromatic heterocycles. The monoisotopic (exact) mass is 277 g/mol. The van der Waals surface area contributed by atoms with E-state index in [2.05, 4.69) is 33.8 Å². The fourth-order valence-corrected chi connectivity index (χ4v) is 2.55. The Morgan fingerprint density at radius 2 is 2.26 bits per heavy atom. The maximum Gasteiger partial charge on any atom is 0.147 e. The van der Waals surface area contributed by atoms with Gasteiger partial charge in [-0.25, -0.2) is 9.98 Å². The van der Waals surface area contributed by atoms with Crippen LogP contribution in [0.2, 0.25) is 0 Å². The summed E-state index contributed by atoms with van der Waals surface area (Å²) < 4.78 is 0. The highest BCUT2D eigenvalue weighted by Crippen LogP contribution is 2.36. The third-order valence-electron chi connectivity index (χ3n) is 2.86. The lowest BCUT2D eigenvalue weighted by Gasteiger charge is -2.18. The van der Waals surface area contributed by atoms with E-state index in [0.29, 0.717) is 0 Å². The minimum absolute atomic E-state index is 0.848. The van der Waals surface area contributed by atoms with Gasteiger partial charge in [0.1, 0.15) is 15.7 Å². The summed E-state index contributed by atoms with van der Waals surface area (Å²) in [6, 6.07) is 0. The summed E-state index contributed by atoms with van der Waals surface area (Å²) in [4.78, 5) is 10.8. The molecule has 5 nitrogen and oxygen atoms in total. The molecule has 102 valence electrons. The standard InChI is InChI=1S/C13H19N5S/c1-9(15-7-5-6-14-3)12-17-11-10(2)18(4)8-16-13(11)19-12/h8,14-15H,1-2,5-7H2,3-4H3. The molecule has 0 bridgehead atoms. The normalized spacial score (nSPS) is 13.6. The zero-order valence-electron chi connectivity index (χ0n) is 11.4. The molecule has 0 aliphatic carbocycles. The molecule has 0 amide bonds. The van der Waals surface area contributed by atoms with E-state index >= 15 is 0 Å². The first-order valence-electron chi connectivity index (χ1n) is 6.18. The van der Waals surface area contributed by atoms with Gasteiger partial charge in [-0.05, 0) is 20.0 Å². The quantitative estimate of drug-likeness (QED) is 0.780. The van der Waals surface area contributed by atoms with Gasteiger partial charge >= 0.3 is 0 Å². The molecule has 0 fully saturated rings. The molecular weight excluding hydrogens is 258 g/mol. The minimum atomic E-state index is 0.848. The van der Waals surface area contributed by atoms with E-state index in [0.717, 1.165) is 46.6 Å². The Morgan fingerprint density at radius 1 is 1.47 bits per heavy atom. The van der Waals surface area contributed by atoms with Crippen LogP contribution in [0.5, 0.6) is 0 Å². The molecular formula is C13H19N5S. The van der Waals surface area contributed by atoms with Gasteiger partial charge in [-0.1, -0.05) is 24.5 Å². The van der Waals surface area contributed by atoms with Crippen molar-refractivity contribution in [3.8, 4) is 0 Å². The molecule has 0 unspecified atom stereocenters. The van der Waals surface area contributed by atoms with Crippen molar-refractivity contribution in [3.63, 3.8) is 0 Å². The molecule has 0 aromatic carbocycles. The predicted molar refractivity (Wildman–Crippen MR) is 82.6 cm³/mol. The summed E-state index contributed by atoms with van der Waals surface area (Å²) in [5.41, 5.74) is 2.57. The van der Waals surface area contributed by atoms with Crippen LogP contribution in [0.15, 0.2) is 18.2 Å². The van der Waals surface area contributed by atoms with E-state index in [1.54, 1.807) is 6.34 Å². The van der Waals surface area contributed by atoms with Crippen molar-refractivity contribution >= 4 is 34.1 Å². The Labute approximate surface area is 117 Å². The molecule has 1 aliphatic heterocycles. The molecule has 1 aliphatic rings. The van der Waals surface area contributed by atoms with Crippen LogP contribution in [-0.4, -0.2) is 43.4 Å². The average molecular weight is 277 g/mol. The van der Waals surface area contributed by atoms with Crippen molar-refractivity contribution in [1.29, 1.82) is 0 Å². The van der Waals surface area contributed by atoms with Gasteiger partial charge < -0.3 is 15.5 Å². The van der Waals surface area contributed by atoms with E-state index in [1.807, 2.05) is 19.0 Å². The molecule has 19 heavy (non-hydrogen) atoms. The van der Waals surface area contributed by atoms with E-state index < -0.39 is 0 Å². The number of rotatable bonds is 6. The minimum Gasteiger partial charge on any atom is -0.383 e. The van der Waals surface area contributed by atoms with Crippen LogP contribution in [0.3, 0.4) is 0 Å². The lowest BCUT2D eigenvalue weighted by atomic mass is 10.3. The van der Waals surface area contributed by atoms with Crippen molar-refractivity contribution in [2.75, 3.05) is 27.2 Å². The molecule has 0 radical (unpaired) electrons. The summed E-state index contributed by atoms with van der Waals surface area (Å²) in [7, 11) is 3.86. The zero-order valence-corrected chi connectivity index (χ0v) is 12.2. The average Bonchev–Trinajstić information content (AvgIpc) is 2.84. The summed E-state index contributed by atoms with van der Waals surface area (Å²) in [5, 5.41) is 8.18. The number of fused-ring (bicyclic) bond motifs is 1. The highest BCUT2D eigenvalue weighted by atomic mass is 32.1. The van der Waals surface area contributed by atoms with Crippen LogP contribution in [0, 0.1) is 0 Å². The van der Waals surface area contributed by atoms with Crippen molar-refractivity contribution in [2.24, 2.45) is 4.99 Å². The molecule has 0 spiro atoms. The summed E-state index contributed by atoms with van der Waals surface area (Å²) >= 11 is 1.54.